The number of ether oxygens (including phenoxy) is 2. The lowest BCUT2D eigenvalue weighted by molar-refractivity contribution is -0.154. The van der Waals surface area contributed by atoms with Crippen LogP contribution in [0.3, 0.4) is 0 Å². The molecule has 0 aliphatic carbocycles. The fourth-order valence-electron chi connectivity index (χ4n) is 0.609. The van der Waals surface area contributed by atoms with Crippen LogP contribution < -0.4 is 0 Å². The molecule has 66 valence electrons. The predicted molar refractivity (Wildman–Crippen MR) is 38.0 cm³/mol. The lowest BCUT2D eigenvalue weighted by Gasteiger charge is -2.15. The van der Waals surface area contributed by atoms with Gasteiger partial charge in [-0.05, 0) is 6.92 Å². The minimum Gasteiger partial charge on any atom is -0.467 e. The highest BCUT2D eigenvalue weighted by molar-refractivity contribution is 5.78. The molecule has 0 fully saturated rings. The lowest BCUT2D eigenvalue weighted by atomic mass is 10.1. The van der Waals surface area contributed by atoms with Crippen LogP contribution in [0, 0.1) is 0 Å². The summed E-state index contributed by atoms with van der Waals surface area (Å²) in [5.41, 5.74) is -1.93. The molecule has 0 N–H and O–H groups in total. The molecule has 0 rings (SSSR count). The van der Waals surface area contributed by atoms with Gasteiger partial charge in [0, 0.05) is 20.1 Å². The van der Waals surface area contributed by atoms with Gasteiger partial charge in [0.15, 0.2) is 0 Å². The first-order valence-electron chi connectivity index (χ1n) is 3.31. The van der Waals surface area contributed by atoms with Gasteiger partial charge in [0.05, 0.1) is 7.11 Å². The summed E-state index contributed by atoms with van der Waals surface area (Å²) in [5, 5.41) is 0. The topological polar surface area (TPSA) is 35.5 Å². The third-order valence-electron chi connectivity index (χ3n) is 1.39. The number of halogens is 1. The summed E-state index contributed by atoms with van der Waals surface area (Å²) in [5.74, 6) is -0.852. The van der Waals surface area contributed by atoms with E-state index in [9.17, 15) is 9.18 Å². The molecule has 0 aliphatic rings. The van der Waals surface area contributed by atoms with E-state index in [1.165, 1.54) is 14.0 Å². The quantitative estimate of drug-likeness (QED) is 0.580. The Morgan fingerprint density at radius 2 is 2.09 bits per heavy atom. The van der Waals surface area contributed by atoms with E-state index < -0.39 is 11.6 Å². The minimum atomic E-state index is -1.93. The molecule has 1 unspecified atom stereocenters. The number of hydrogen-bond acceptors (Lipinski definition) is 3. The fourth-order valence-corrected chi connectivity index (χ4v) is 0.609. The van der Waals surface area contributed by atoms with Gasteiger partial charge >= 0.3 is 5.97 Å². The zero-order chi connectivity index (χ0) is 8.91. The number of rotatable bonds is 4. The summed E-state index contributed by atoms with van der Waals surface area (Å²) >= 11 is 0. The molecule has 1 atom stereocenters. The van der Waals surface area contributed by atoms with Crippen molar-refractivity contribution < 1.29 is 18.7 Å². The van der Waals surface area contributed by atoms with Gasteiger partial charge in [-0.15, -0.1) is 0 Å². The van der Waals surface area contributed by atoms with Crippen molar-refractivity contribution in [2.75, 3.05) is 20.8 Å². The number of carbonyl (C=O) groups excluding carboxylic acids is 1. The normalized spacial score (nSPS) is 15.6. The highest BCUT2D eigenvalue weighted by Crippen LogP contribution is 2.16. The lowest BCUT2D eigenvalue weighted by Crippen LogP contribution is -2.32. The van der Waals surface area contributed by atoms with Crippen LogP contribution in [0.1, 0.15) is 13.3 Å². The molecule has 0 saturated carbocycles. The fraction of sp³-hybridized carbons (Fsp3) is 0.857. The molecule has 0 aromatic rings. The minimum absolute atomic E-state index is 0.0240. The van der Waals surface area contributed by atoms with Gasteiger partial charge in [-0.2, -0.15) is 0 Å². The van der Waals surface area contributed by atoms with Crippen molar-refractivity contribution in [1.29, 1.82) is 0 Å². The van der Waals surface area contributed by atoms with Crippen molar-refractivity contribution in [2.24, 2.45) is 0 Å². The van der Waals surface area contributed by atoms with E-state index in [2.05, 4.69) is 9.47 Å². The van der Waals surface area contributed by atoms with Crippen LogP contribution in [0.25, 0.3) is 0 Å². The Labute approximate surface area is 65.5 Å². The van der Waals surface area contributed by atoms with Crippen molar-refractivity contribution in [3.05, 3.63) is 0 Å². The third-order valence-corrected chi connectivity index (χ3v) is 1.39. The van der Waals surface area contributed by atoms with Crippen molar-refractivity contribution >= 4 is 5.97 Å². The first kappa shape index (κ1) is 10.4. The van der Waals surface area contributed by atoms with Gasteiger partial charge in [0.2, 0.25) is 5.67 Å². The summed E-state index contributed by atoms with van der Waals surface area (Å²) in [6.45, 7) is 1.39. The summed E-state index contributed by atoms with van der Waals surface area (Å²) in [6, 6.07) is 0. The first-order valence-corrected chi connectivity index (χ1v) is 3.31. The molecule has 0 aromatic heterocycles. The Hall–Kier alpha value is -0.640. The Bertz CT molecular complexity index is 134. The summed E-state index contributed by atoms with van der Waals surface area (Å²) in [4.78, 5) is 10.7. The van der Waals surface area contributed by atoms with Crippen molar-refractivity contribution in [3.63, 3.8) is 0 Å². The standard InChI is InChI=1S/C7H13FO3/c1-7(8,4-5-10-2)6(9)11-3/h4-5H2,1-3H3. The Morgan fingerprint density at radius 3 is 2.45 bits per heavy atom. The van der Waals surface area contributed by atoms with Crippen molar-refractivity contribution in [2.45, 2.75) is 19.0 Å². The van der Waals surface area contributed by atoms with Gasteiger partial charge in [-0.25, -0.2) is 9.18 Å². The summed E-state index contributed by atoms with van der Waals surface area (Å²) in [7, 11) is 2.61. The first-order chi connectivity index (χ1) is 5.04. The van der Waals surface area contributed by atoms with Gasteiger partial charge in [-0.3, -0.25) is 0 Å². The SMILES string of the molecule is COCCC(C)(F)C(=O)OC. The summed E-state index contributed by atoms with van der Waals surface area (Å²) in [6.07, 6.45) is 0.0240. The van der Waals surface area contributed by atoms with Crippen LogP contribution in [-0.4, -0.2) is 32.5 Å². The molecule has 3 nitrogen and oxygen atoms in total. The molecule has 0 aromatic carbocycles. The van der Waals surface area contributed by atoms with Crippen LogP contribution in [0.5, 0.6) is 0 Å². The molecule has 0 aliphatic heterocycles. The van der Waals surface area contributed by atoms with Crippen LogP contribution in [-0.2, 0) is 14.3 Å². The van der Waals surface area contributed by atoms with E-state index in [1.807, 2.05) is 0 Å². The van der Waals surface area contributed by atoms with E-state index in [0.29, 0.717) is 0 Å². The second-order valence-corrected chi connectivity index (χ2v) is 2.43. The van der Waals surface area contributed by atoms with E-state index in [1.54, 1.807) is 0 Å². The van der Waals surface area contributed by atoms with E-state index in [4.69, 9.17) is 0 Å². The van der Waals surface area contributed by atoms with Crippen LogP contribution in [0.15, 0.2) is 0 Å². The van der Waals surface area contributed by atoms with Crippen molar-refractivity contribution in [1.82, 2.24) is 0 Å². The maximum atomic E-state index is 13.1. The Morgan fingerprint density at radius 1 is 1.55 bits per heavy atom. The van der Waals surface area contributed by atoms with Gasteiger partial charge in [0.25, 0.3) is 0 Å². The smallest absolute Gasteiger partial charge is 0.343 e. The number of esters is 1. The molecule has 0 saturated heterocycles. The Kier molecular flexibility index (Phi) is 4.03. The molecular weight excluding hydrogens is 151 g/mol. The third kappa shape index (κ3) is 3.32. The maximum Gasteiger partial charge on any atom is 0.343 e. The predicted octanol–water partition coefficient (Wildman–Crippen LogP) is 0.924. The van der Waals surface area contributed by atoms with Crippen LogP contribution >= 0.6 is 0 Å². The average Bonchev–Trinajstić information content (AvgIpc) is 1.99. The molecule has 0 radical (unpaired) electrons. The van der Waals surface area contributed by atoms with E-state index in [-0.39, 0.29) is 13.0 Å². The average molecular weight is 164 g/mol. The molecule has 0 heterocycles. The number of methoxy groups -OCH3 is 2. The van der Waals surface area contributed by atoms with Crippen LogP contribution in [0.4, 0.5) is 4.39 Å². The zero-order valence-corrected chi connectivity index (χ0v) is 7.02. The van der Waals surface area contributed by atoms with Crippen molar-refractivity contribution in [3.8, 4) is 0 Å². The molecule has 4 heteroatoms. The molecular formula is C7H13FO3. The molecule has 0 bridgehead atoms. The molecule has 0 amide bonds. The monoisotopic (exact) mass is 164 g/mol. The largest absolute Gasteiger partial charge is 0.467 e. The van der Waals surface area contributed by atoms with Gasteiger partial charge in [0.1, 0.15) is 0 Å². The highest BCUT2D eigenvalue weighted by atomic mass is 19.1. The number of carbonyl (C=O) groups is 1. The second kappa shape index (κ2) is 4.28. The van der Waals surface area contributed by atoms with E-state index in [0.717, 1.165) is 7.11 Å². The van der Waals surface area contributed by atoms with E-state index >= 15 is 0 Å². The maximum absolute atomic E-state index is 13.1. The second-order valence-electron chi connectivity index (χ2n) is 2.43. The summed E-state index contributed by atoms with van der Waals surface area (Å²) < 4.78 is 22.0. The Balaban J connectivity index is 3.88. The number of alkyl halides is 1. The van der Waals surface area contributed by atoms with Gasteiger partial charge < -0.3 is 9.47 Å². The molecule has 11 heavy (non-hydrogen) atoms. The number of hydrogen-bond donors (Lipinski definition) is 0. The highest BCUT2D eigenvalue weighted by Gasteiger charge is 2.33. The van der Waals surface area contributed by atoms with Gasteiger partial charge in [-0.1, -0.05) is 0 Å². The molecule has 0 spiro atoms. The van der Waals surface area contributed by atoms with Crippen LogP contribution in [0.2, 0.25) is 0 Å². The zero-order valence-electron chi connectivity index (χ0n) is 7.02.